The fraction of sp³-hybridized carbons (Fsp3) is 0.895. The van der Waals surface area contributed by atoms with Gasteiger partial charge in [0.1, 0.15) is 0 Å². The molecule has 4 fully saturated rings. The molecule has 0 aliphatic carbocycles. The van der Waals surface area contributed by atoms with Crippen LogP contribution in [0.15, 0.2) is 0 Å². The van der Waals surface area contributed by atoms with Crippen molar-refractivity contribution in [3.8, 4) is 0 Å². The molecule has 0 unspecified atom stereocenters. The van der Waals surface area contributed by atoms with Crippen LogP contribution >= 0.6 is 0 Å². The lowest BCUT2D eigenvalue weighted by Gasteiger charge is -2.44. The number of carbonyl (C=O) groups is 2. The molecule has 7 heteroatoms. The van der Waals surface area contributed by atoms with Crippen molar-refractivity contribution < 1.29 is 19.1 Å². The van der Waals surface area contributed by atoms with Gasteiger partial charge in [-0.15, -0.1) is 0 Å². The predicted octanol–water partition coefficient (Wildman–Crippen LogP) is 0.339. The van der Waals surface area contributed by atoms with Crippen molar-refractivity contribution in [1.29, 1.82) is 0 Å². The summed E-state index contributed by atoms with van der Waals surface area (Å²) < 4.78 is 10.8. The maximum Gasteiger partial charge on any atom is 0.236 e. The van der Waals surface area contributed by atoms with E-state index in [1.165, 1.54) is 0 Å². The van der Waals surface area contributed by atoms with Gasteiger partial charge in [0.15, 0.2) is 0 Å². The Labute approximate surface area is 155 Å². The van der Waals surface area contributed by atoms with Gasteiger partial charge in [-0.25, -0.2) is 0 Å². The summed E-state index contributed by atoms with van der Waals surface area (Å²) in [5, 5.41) is 0. The van der Waals surface area contributed by atoms with E-state index in [4.69, 9.17) is 9.47 Å². The highest BCUT2D eigenvalue weighted by Crippen LogP contribution is 2.41. The third-order valence-electron chi connectivity index (χ3n) is 6.57. The second-order valence-electron chi connectivity index (χ2n) is 8.18. The summed E-state index contributed by atoms with van der Waals surface area (Å²) in [4.78, 5) is 32.3. The highest BCUT2D eigenvalue weighted by molar-refractivity contribution is 5.86. The van der Waals surface area contributed by atoms with Crippen LogP contribution in [-0.4, -0.2) is 98.3 Å². The first-order valence-corrected chi connectivity index (χ1v) is 10.1. The lowest BCUT2D eigenvalue weighted by Crippen LogP contribution is -2.55. The molecule has 0 aromatic rings. The quantitative estimate of drug-likeness (QED) is 0.722. The zero-order valence-corrected chi connectivity index (χ0v) is 15.7. The van der Waals surface area contributed by atoms with E-state index in [2.05, 4.69) is 9.80 Å². The van der Waals surface area contributed by atoms with Crippen LogP contribution in [0.3, 0.4) is 0 Å². The Hall–Kier alpha value is -1.18. The minimum Gasteiger partial charge on any atom is -0.381 e. The monoisotopic (exact) mass is 365 g/mol. The average Bonchev–Trinajstić information content (AvgIpc) is 3.11. The van der Waals surface area contributed by atoms with Crippen LogP contribution in [0.25, 0.3) is 0 Å². The van der Waals surface area contributed by atoms with E-state index in [0.29, 0.717) is 32.3 Å². The fourth-order valence-corrected chi connectivity index (χ4v) is 4.96. The number of amides is 2. The maximum absolute atomic E-state index is 13.3. The van der Waals surface area contributed by atoms with E-state index in [1.807, 2.05) is 4.90 Å². The molecule has 4 saturated heterocycles. The minimum atomic E-state index is -0.336. The Balaban J connectivity index is 1.37. The Kier molecular flexibility index (Phi) is 5.47. The van der Waals surface area contributed by atoms with Gasteiger partial charge in [0.25, 0.3) is 0 Å². The summed E-state index contributed by atoms with van der Waals surface area (Å²) >= 11 is 0. The molecule has 0 aromatic carbocycles. The number of likely N-dealkylation sites (tertiary alicyclic amines) is 2. The molecule has 0 bridgehead atoms. The van der Waals surface area contributed by atoms with Crippen LogP contribution in [0, 0.1) is 5.41 Å². The largest absolute Gasteiger partial charge is 0.381 e. The van der Waals surface area contributed by atoms with E-state index in [1.54, 1.807) is 0 Å². The number of carbonyl (C=O) groups excluding carboxylic acids is 2. The van der Waals surface area contributed by atoms with Crippen LogP contribution in [0.1, 0.15) is 32.1 Å². The molecular formula is C19H31N3O4. The van der Waals surface area contributed by atoms with Crippen LogP contribution < -0.4 is 0 Å². The summed E-state index contributed by atoms with van der Waals surface area (Å²) in [7, 11) is 0. The van der Waals surface area contributed by atoms with Crippen molar-refractivity contribution in [3.63, 3.8) is 0 Å². The topological polar surface area (TPSA) is 62.3 Å². The maximum atomic E-state index is 13.3. The van der Waals surface area contributed by atoms with Gasteiger partial charge in [-0.05, 0) is 32.1 Å². The van der Waals surface area contributed by atoms with Crippen molar-refractivity contribution in [2.75, 3.05) is 65.7 Å². The summed E-state index contributed by atoms with van der Waals surface area (Å²) in [6, 6.07) is 0.325. The Morgan fingerprint density at radius 3 is 2.50 bits per heavy atom. The fourth-order valence-electron chi connectivity index (χ4n) is 4.96. The molecule has 0 radical (unpaired) electrons. The van der Waals surface area contributed by atoms with Gasteiger partial charge in [0.05, 0.1) is 25.2 Å². The molecule has 0 saturated carbocycles. The molecule has 4 aliphatic rings. The molecule has 0 aromatic heterocycles. The Bertz CT molecular complexity index is 531. The highest BCUT2D eigenvalue weighted by atomic mass is 16.5. The van der Waals surface area contributed by atoms with Crippen LogP contribution in [-0.2, 0) is 19.1 Å². The lowest BCUT2D eigenvalue weighted by atomic mass is 9.77. The van der Waals surface area contributed by atoms with Gasteiger partial charge in [-0.2, -0.15) is 0 Å². The SMILES string of the molecule is O=C(CN1CCOCC1)N1CC[C@]2(CCCN(C3CCOCC3)C2=O)C1. The molecule has 2 amide bonds. The van der Waals surface area contributed by atoms with Crippen molar-refractivity contribution in [2.24, 2.45) is 5.41 Å². The minimum absolute atomic E-state index is 0.166. The molecule has 0 N–H and O–H groups in total. The number of hydrogen-bond donors (Lipinski definition) is 0. The van der Waals surface area contributed by atoms with Crippen LogP contribution in [0.4, 0.5) is 0 Å². The molecule has 1 atom stereocenters. The van der Waals surface area contributed by atoms with Gasteiger partial charge >= 0.3 is 0 Å². The standard InChI is InChI=1S/C19H31N3O4/c23-17(14-20-8-12-26-13-9-20)21-7-5-19(15-21)4-1-6-22(18(19)24)16-2-10-25-11-3-16/h16H,1-15H2/t19-/m1/s1. The van der Waals surface area contributed by atoms with Gasteiger partial charge in [-0.1, -0.05) is 0 Å². The highest BCUT2D eigenvalue weighted by Gasteiger charge is 2.50. The number of nitrogens with zero attached hydrogens (tertiary/aromatic N) is 3. The molecule has 7 nitrogen and oxygen atoms in total. The van der Waals surface area contributed by atoms with Crippen molar-refractivity contribution in [3.05, 3.63) is 0 Å². The van der Waals surface area contributed by atoms with Gasteiger partial charge in [0, 0.05) is 52.0 Å². The zero-order valence-electron chi connectivity index (χ0n) is 15.7. The first kappa shape index (κ1) is 18.2. The van der Waals surface area contributed by atoms with Crippen LogP contribution in [0.2, 0.25) is 0 Å². The predicted molar refractivity (Wildman–Crippen MR) is 95.7 cm³/mol. The number of rotatable bonds is 3. The van der Waals surface area contributed by atoms with Gasteiger partial charge in [0.2, 0.25) is 11.8 Å². The van der Waals surface area contributed by atoms with E-state index in [9.17, 15) is 9.59 Å². The van der Waals surface area contributed by atoms with Crippen LogP contribution in [0.5, 0.6) is 0 Å². The molecule has 4 aliphatic heterocycles. The lowest BCUT2D eigenvalue weighted by molar-refractivity contribution is -0.151. The summed E-state index contributed by atoms with van der Waals surface area (Å²) in [6.45, 7) is 7.21. The normalized spacial score (nSPS) is 31.8. The van der Waals surface area contributed by atoms with Crippen molar-refractivity contribution in [2.45, 2.75) is 38.1 Å². The molecule has 4 rings (SSSR count). The second kappa shape index (κ2) is 7.82. The number of morpholine rings is 1. The number of hydrogen-bond acceptors (Lipinski definition) is 5. The first-order chi connectivity index (χ1) is 12.7. The summed E-state index contributed by atoms with van der Waals surface area (Å²) in [6.07, 6.45) is 4.69. The summed E-state index contributed by atoms with van der Waals surface area (Å²) in [5.74, 6) is 0.456. The van der Waals surface area contributed by atoms with E-state index >= 15 is 0 Å². The van der Waals surface area contributed by atoms with Crippen molar-refractivity contribution in [1.82, 2.24) is 14.7 Å². The van der Waals surface area contributed by atoms with E-state index in [0.717, 1.165) is 71.5 Å². The van der Waals surface area contributed by atoms with E-state index < -0.39 is 0 Å². The smallest absolute Gasteiger partial charge is 0.236 e. The molecule has 1 spiro atoms. The summed E-state index contributed by atoms with van der Waals surface area (Å²) in [5.41, 5.74) is -0.336. The number of ether oxygens (including phenoxy) is 2. The van der Waals surface area contributed by atoms with Gasteiger partial charge in [-0.3, -0.25) is 14.5 Å². The second-order valence-corrected chi connectivity index (χ2v) is 8.18. The molecule has 146 valence electrons. The first-order valence-electron chi connectivity index (χ1n) is 10.1. The van der Waals surface area contributed by atoms with Gasteiger partial charge < -0.3 is 19.3 Å². The molecule has 4 heterocycles. The number of piperidine rings is 1. The molecular weight excluding hydrogens is 334 g/mol. The average molecular weight is 365 g/mol. The zero-order chi connectivity index (χ0) is 18.0. The Morgan fingerprint density at radius 1 is 1.00 bits per heavy atom. The van der Waals surface area contributed by atoms with E-state index in [-0.39, 0.29) is 17.2 Å². The van der Waals surface area contributed by atoms with Crippen molar-refractivity contribution >= 4 is 11.8 Å². The third kappa shape index (κ3) is 3.62. The Morgan fingerprint density at radius 2 is 1.73 bits per heavy atom. The third-order valence-corrected chi connectivity index (χ3v) is 6.57. The molecule has 26 heavy (non-hydrogen) atoms.